The van der Waals surface area contributed by atoms with E-state index in [1.54, 1.807) is 50.8 Å². The molecule has 6 aromatic rings. The molecule has 30 nitrogen and oxygen atoms in total. The zero-order valence-electron chi connectivity index (χ0n) is 66.4. The number of fused-ring (bicyclic) bond motifs is 6. The minimum Gasteiger partial charge on any atom is -0.459 e. The van der Waals surface area contributed by atoms with Crippen LogP contribution in [0.3, 0.4) is 0 Å². The fourth-order valence-electron chi connectivity index (χ4n) is 15.5. The van der Waals surface area contributed by atoms with Crippen molar-refractivity contribution in [3.63, 3.8) is 0 Å². The van der Waals surface area contributed by atoms with Crippen LogP contribution in [0, 0.1) is 11.8 Å². The highest BCUT2D eigenvalue weighted by atomic mass is 35.5. The molecule has 4 saturated carbocycles. The number of carbonyl (C=O) groups excluding carboxylic acids is 8. The smallest absolute Gasteiger partial charge is 0.411 e. The molecule has 0 spiro atoms. The number of allylic oxidation sites excluding steroid dienone is 2. The van der Waals surface area contributed by atoms with Crippen molar-refractivity contribution < 1.29 is 74.1 Å². The SMILES string of the molecule is CC(C)n1c(O[C@@H]2C[C@H]3C(=O)N[C@]4(C(=O)NS(=O)(=O)C5(C)CC5)C[C@H]4/C=C\CCCCC[C@H](Nc4ccccc4)C(=O)N3C2)nc2c(N)cccc21.CCOC(=O)Cl.CCOC(=O)Nc1cccc2c1nc(O[C@@H]1C[C@H]3C(=O)N[C@]4(C(=O)NS(=O)(=O)C5(C)CC5)C[C@H]4/C=C\CCCCC[C@H](Nc4ccccc4)C(=O)N3C1)n2C(C)C. The Bertz CT molecular complexity index is 4900. The Kier molecular flexibility index (Phi) is 25.9. The van der Waals surface area contributed by atoms with Gasteiger partial charge in [0.1, 0.15) is 58.5 Å². The van der Waals surface area contributed by atoms with Gasteiger partial charge in [0.2, 0.25) is 43.7 Å². The predicted molar refractivity (Wildman–Crippen MR) is 437 cm³/mol. The Balaban J connectivity index is 0.000000199. The lowest BCUT2D eigenvalue weighted by molar-refractivity contribution is -0.140. The molecule has 7 amide bonds. The van der Waals surface area contributed by atoms with E-state index in [0.717, 1.165) is 68.3 Å². The summed E-state index contributed by atoms with van der Waals surface area (Å²) in [5.74, 6) is -3.95. The standard InChI is InChI=1S/C41H53N7O8S.C38H49N7O6S.C3H5ClO2/c1-5-55-39(52)43-30-19-14-20-32-34(30)44-38(48(32)26(2)3)56-29-23-33-35(49)45-41(37(51)46-57(53,54)40(4)21-22-40)24-27(41)15-10-7-6-8-13-18-31(36(50)47(33)25-29)42-28-16-11-9-12-17-28;1-24(2)45-30-18-12-16-28(39)32(30)41-36(45)51-27-21-31-33(46)42-38(35(48)43-52(49,50)37(3)19-20-37)22-25(38)13-8-5-4-6-11-17-29(34(47)44(31)23-27)40-26-14-9-7-10-15-26;1-2-6-3(4)5/h9-12,14-17,19-20,26-27,29,31,33,42H,5-8,13,18,21-25H2,1-4H3,(H,43,52)(H,45,49)(H,46,51);7-10,12-16,18,24-25,27,29,31,40H,4-6,11,17,19-23,39H2,1-3H3,(H,42,46)(H,43,48);2H2,1H3/b15-10-;13-8-;/t27-,29-,31+,33+,41-;25-,27-,29+,31+,38-;/m11./s1. The van der Waals surface area contributed by atoms with Gasteiger partial charge in [-0.1, -0.05) is 98.5 Å². The van der Waals surface area contributed by atoms with Gasteiger partial charge in [0, 0.05) is 59.7 Å². The van der Waals surface area contributed by atoms with E-state index in [4.69, 9.17) is 41.5 Å². The Morgan fingerprint density at radius 1 is 0.574 bits per heavy atom. The molecular weight excluding hydrogens is 1540 g/mol. The van der Waals surface area contributed by atoms with Gasteiger partial charge >= 0.3 is 11.5 Å². The summed E-state index contributed by atoms with van der Waals surface area (Å²) in [5.41, 5.74) is 7.72. The van der Waals surface area contributed by atoms with Crippen LogP contribution in [0.15, 0.2) is 121 Å². The summed E-state index contributed by atoms with van der Waals surface area (Å²) in [6.45, 7) is 15.3. The largest absolute Gasteiger partial charge is 0.459 e. The van der Waals surface area contributed by atoms with Gasteiger partial charge in [-0.2, -0.15) is 9.97 Å². The van der Waals surface area contributed by atoms with Crippen molar-refractivity contribution in [1.82, 2.24) is 49.0 Å². The van der Waals surface area contributed by atoms with E-state index in [2.05, 4.69) is 40.8 Å². The van der Waals surface area contributed by atoms with Crippen LogP contribution in [-0.4, -0.2) is 176 Å². The highest BCUT2D eigenvalue weighted by molar-refractivity contribution is 7.92. The highest BCUT2D eigenvalue weighted by Gasteiger charge is 2.65. The van der Waals surface area contributed by atoms with Crippen LogP contribution in [0.2, 0.25) is 0 Å². The van der Waals surface area contributed by atoms with E-state index in [0.29, 0.717) is 79.1 Å². The maximum Gasteiger partial charge on any atom is 0.411 e. The molecule has 33 heteroatoms. The van der Waals surface area contributed by atoms with Crippen molar-refractivity contribution in [3.8, 4) is 12.0 Å². The summed E-state index contributed by atoms with van der Waals surface area (Å²) in [4.78, 5) is 121. The molecule has 4 aromatic carbocycles. The van der Waals surface area contributed by atoms with E-state index >= 15 is 0 Å². The first-order valence-corrected chi connectivity index (χ1v) is 43.4. The summed E-state index contributed by atoms with van der Waals surface area (Å²) in [6, 6.07) is 27.1. The average Bonchev–Trinajstić information content (AvgIpc) is 1.57. The maximum absolute atomic E-state index is 14.7. The molecule has 0 unspecified atom stereocenters. The molecule has 2 aromatic heterocycles. The van der Waals surface area contributed by atoms with Crippen LogP contribution in [-0.2, 0) is 58.3 Å². The summed E-state index contributed by atoms with van der Waals surface area (Å²) >= 11 is 4.72. The number of anilines is 4. The number of ether oxygens (including phenoxy) is 4. The van der Waals surface area contributed by atoms with Gasteiger partial charge in [-0.3, -0.25) is 52.7 Å². The number of sulfonamides is 2. The fourth-order valence-corrected chi connectivity index (χ4v) is 18.3. The number of hydrogen-bond donors (Lipinski definition) is 8. The topological polar surface area (TPSA) is 394 Å². The number of amides is 7. The zero-order chi connectivity index (χ0) is 82.4. The second kappa shape index (κ2) is 35.2. The monoisotopic (exact) mass is 1640 g/mol. The van der Waals surface area contributed by atoms with E-state index in [1.807, 2.05) is 140 Å². The minimum atomic E-state index is -3.98. The summed E-state index contributed by atoms with van der Waals surface area (Å²) < 4.78 is 81.6. The van der Waals surface area contributed by atoms with E-state index in [1.165, 1.54) is 4.90 Å². The number of carbonyl (C=O) groups is 8. The van der Waals surface area contributed by atoms with Gasteiger partial charge in [-0.15, -0.1) is 0 Å². The number of rotatable bonds is 19. The quantitative estimate of drug-likeness (QED) is 0.0212. The van der Waals surface area contributed by atoms with Gasteiger partial charge in [0.15, 0.2) is 0 Å². The summed E-state index contributed by atoms with van der Waals surface area (Å²) in [7, 11) is -7.93. The molecule has 115 heavy (non-hydrogen) atoms. The van der Waals surface area contributed by atoms with Gasteiger partial charge in [0.25, 0.3) is 23.8 Å². The third-order valence-corrected chi connectivity index (χ3v) is 27.4. The van der Waals surface area contributed by atoms with E-state index in [9.17, 15) is 55.2 Å². The lowest BCUT2D eigenvalue weighted by atomic mass is 10.0. The van der Waals surface area contributed by atoms with E-state index in [-0.39, 0.29) is 81.2 Å². The third kappa shape index (κ3) is 19.1. The molecule has 6 heterocycles. The molecule has 10 atom stereocenters. The fraction of sp³-hybridized carbons (Fsp3) is 0.537. The number of aromatic nitrogens is 4. The van der Waals surface area contributed by atoms with Crippen molar-refractivity contribution in [3.05, 3.63) is 121 Å². The zero-order valence-corrected chi connectivity index (χ0v) is 68.8. The predicted octanol–water partition coefficient (Wildman–Crippen LogP) is 11.2. The average molecular weight is 1640 g/mol. The Hall–Kier alpha value is -9.95. The first kappa shape index (κ1) is 84.4. The second-order valence-corrected chi connectivity index (χ2v) is 36.9. The maximum atomic E-state index is 14.7. The molecular formula is C82H107ClN14O16S2. The summed E-state index contributed by atoms with van der Waals surface area (Å²) in [6.07, 6.45) is 16.1. The van der Waals surface area contributed by atoms with Crippen molar-refractivity contribution in [2.75, 3.05) is 48.0 Å². The molecule has 4 aliphatic carbocycles. The highest BCUT2D eigenvalue weighted by Crippen LogP contribution is 2.50. The molecule has 6 fully saturated rings. The van der Waals surface area contributed by atoms with Crippen LogP contribution in [0.25, 0.3) is 22.1 Å². The van der Waals surface area contributed by atoms with E-state index < -0.39 is 118 Å². The van der Waals surface area contributed by atoms with Crippen LogP contribution in [0.5, 0.6) is 12.0 Å². The molecule has 9 N–H and O–H groups in total. The summed E-state index contributed by atoms with van der Waals surface area (Å²) in [5, 5.41) is 15.5. The molecule has 0 bridgehead atoms. The molecule has 4 aliphatic heterocycles. The van der Waals surface area contributed by atoms with Crippen LogP contribution < -0.4 is 51.2 Å². The number of nitrogens with one attached hydrogen (secondary N) is 7. The van der Waals surface area contributed by atoms with Crippen molar-refractivity contribution >= 4 is 123 Å². The van der Waals surface area contributed by atoms with Crippen LogP contribution in [0.1, 0.15) is 183 Å². The number of imidazole rings is 2. The van der Waals surface area contributed by atoms with Crippen LogP contribution in [0.4, 0.5) is 32.3 Å². The van der Waals surface area contributed by atoms with Gasteiger partial charge in [-0.25, -0.2) is 26.4 Å². The van der Waals surface area contributed by atoms with Crippen molar-refractivity contribution in [1.29, 1.82) is 0 Å². The lowest BCUT2D eigenvalue weighted by Gasteiger charge is -2.30. The normalized spacial score (nSPS) is 26.3. The van der Waals surface area contributed by atoms with Gasteiger partial charge in [0.05, 0.1) is 58.2 Å². The first-order valence-electron chi connectivity index (χ1n) is 40.1. The number of benzene rings is 4. The number of hydrogen-bond acceptors (Lipinski definition) is 21. The first-order chi connectivity index (χ1) is 54.8. The molecule has 0 radical (unpaired) electrons. The number of nitrogen functional groups attached to an aromatic ring is 1. The number of halogens is 1. The van der Waals surface area contributed by atoms with Crippen LogP contribution >= 0.6 is 11.6 Å². The second-order valence-electron chi connectivity index (χ2n) is 32.2. The number of nitrogens with zero attached hydrogens (tertiary/aromatic N) is 6. The van der Waals surface area contributed by atoms with Crippen molar-refractivity contribution in [2.45, 2.75) is 240 Å². The molecule has 14 rings (SSSR count). The Morgan fingerprint density at radius 3 is 1.41 bits per heavy atom. The van der Waals surface area contributed by atoms with Gasteiger partial charge < -0.3 is 55.7 Å². The molecule has 2 saturated heterocycles. The molecule has 620 valence electrons. The number of para-hydroxylation sites is 4. The number of nitrogens with two attached hydrogens (primary N) is 1. The lowest BCUT2D eigenvalue weighted by Crippen LogP contribution is -2.58. The Morgan fingerprint density at radius 2 is 1.00 bits per heavy atom. The minimum absolute atomic E-state index is 0.0227. The Labute approximate surface area is 676 Å². The molecule has 8 aliphatic rings. The van der Waals surface area contributed by atoms with Crippen molar-refractivity contribution in [2.24, 2.45) is 11.8 Å². The van der Waals surface area contributed by atoms with Gasteiger partial charge in [-0.05, 0) is 181 Å². The third-order valence-electron chi connectivity index (χ3n) is 22.9.